The van der Waals surface area contributed by atoms with Gasteiger partial charge in [-0.3, -0.25) is 14.3 Å². The van der Waals surface area contributed by atoms with Crippen LogP contribution < -0.4 is 27.1 Å². The summed E-state index contributed by atoms with van der Waals surface area (Å²) < 4.78 is 60.4. The van der Waals surface area contributed by atoms with Crippen LogP contribution in [0.15, 0.2) is 57.8 Å². The first-order valence-corrected chi connectivity index (χ1v) is 11.8. The average Bonchev–Trinajstić information content (AvgIpc) is 2.83. The van der Waals surface area contributed by atoms with Crippen LogP contribution in [0.3, 0.4) is 0 Å². The lowest BCUT2D eigenvalue weighted by Crippen LogP contribution is -2.36. The maximum Gasteiger partial charge on any atom is 0.490 e. The zero-order valence-corrected chi connectivity index (χ0v) is 20.7. The molecule has 38 heavy (non-hydrogen) atoms. The van der Waals surface area contributed by atoms with E-state index >= 15 is 0 Å². The van der Waals surface area contributed by atoms with E-state index in [1.807, 2.05) is 0 Å². The van der Waals surface area contributed by atoms with Gasteiger partial charge < -0.3 is 31.3 Å². The van der Waals surface area contributed by atoms with Crippen LogP contribution in [0.4, 0.5) is 18.9 Å². The van der Waals surface area contributed by atoms with Crippen LogP contribution in [0.25, 0.3) is 6.08 Å². The Morgan fingerprint density at radius 3 is 2.26 bits per heavy atom. The number of halogens is 3. The normalized spacial score (nSPS) is 10.8. The van der Waals surface area contributed by atoms with Crippen molar-refractivity contribution in [1.29, 1.82) is 0 Å². The molecule has 0 bridgehead atoms. The van der Waals surface area contributed by atoms with Gasteiger partial charge in [0, 0.05) is 5.69 Å². The Hall–Kier alpha value is -4.54. The zero-order valence-electron chi connectivity index (χ0n) is 19.9. The summed E-state index contributed by atoms with van der Waals surface area (Å²) in [5, 5.41) is 13.0. The number of benzene rings is 1. The molecule has 2 aromatic rings. The molecule has 7 N–H and O–H groups in total. The Morgan fingerprint density at radius 2 is 1.76 bits per heavy atom. The second kappa shape index (κ2) is 13.7. The molecule has 1 amide bonds. The summed E-state index contributed by atoms with van der Waals surface area (Å²) in [6, 6.07) is 8.89. The number of carboxylic acid groups (broad SMARTS) is 1. The van der Waals surface area contributed by atoms with Crippen LogP contribution in [0, 0.1) is 6.92 Å². The van der Waals surface area contributed by atoms with Crippen molar-refractivity contribution in [3.05, 3.63) is 64.6 Å². The maximum atomic E-state index is 12.8. The fraction of sp³-hybridized carbons (Fsp3) is 0.238. The first kappa shape index (κ1) is 31.5. The number of nitrogens with one attached hydrogen (secondary N) is 2. The molecule has 2 rings (SSSR count). The van der Waals surface area contributed by atoms with Gasteiger partial charge in [-0.25, -0.2) is 13.2 Å². The number of guanidine groups is 1. The molecule has 1 heterocycles. The second-order valence-corrected chi connectivity index (χ2v) is 8.84. The van der Waals surface area contributed by atoms with E-state index in [9.17, 15) is 31.2 Å². The largest absolute Gasteiger partial charge is 0.490 e. The SMILES string of the molecule is C=Cc1ccc(S(=O)(=O)Nc2ccc(C)n(CC(=O)NCCON=C(N)N)c2=O)cc1.O=C(O)C(F)(F)F. The summed E-state index contributed by atoms with van der Waals surface area (Å²) in [6.07, 6.45) is -3.50. The molecule has 13 nitrogen and oxygen atoms in total. The van der Waals surface area contributed by atoms with Gasteiger partial charge in [-0.15, -0.1) is 0 Å². The maximum absolute atomic E-state index is 12.8. The van der Waals surface area contributed by atoms with Gasteiger partial charge in [0.2, 0.25) is 11.9 Å². The van der Waals surface area contributed by atoms with E-state index in [1.165, 1.54) is 24.3 Å². The molecule has 0 atom stereocenters. The fourth-order valence-corrected chi connectivity index (χ4v) is 3.54. The molecule has 0 aliphatic carbocycles. The Kier molecular flexibility index (Phi) is 11.3. The third-order valence-electron chi connectivity index (χ3n) is 4.29. The molecule has 0 fully saturated rings. The number of amides is 1. The quantitative estimate of drug-likeness (QED) is 0.118. The Labute approximate surface area is 214 Å². The van der Waals surface area contributed by atoms with Crippen LogP contribution in [-0.2, 0) is 31.0 Å². The third kappa shape index (κ3) is 10.2. The number of alkyl halides is 3. The molecule has 0 saturated heterocycles. The molecule has 0 saturated carbocycles. The van der Waals surface area contributed by atoms with E-state index in [0.29, 0.717) is 5.69 Å². The first-order valence-electron chi connectivity index (χ1n) is 10.3. The van der Waals surface area contributed by atoms with Crippen LogP contribution in [0.2, 0.25) is 0 Å². The number of carboxylic acids is 1. The summed E-state index contributed by atoms with van der Waals surface area (Å²) in [5.41, 5.74) is 10.6. The predicted molar refractivity (Wildman–Crippen MR) is 131 cm³/mol. The summed E-state index contributed by atoms with van der Waals surface area (Å²) in [5.74, 6) is -3.48. The van der Waals surface area contributed by atoms with E-state index in [0.717, 1.165) is 10.1 Å². The monoisotopic (exact) mass is 562 g/mol. The van der Waals surface area contributed by atoms with Crippen molar-refractivity contribution in [3.63, 3.8) is 0 Å². The van der Waals surface area contributed by atoms with Crippen LogP contribution in [-0.4, -0.2) is 55.3 Å². The number of aromatic nitrogens is 1. The molecule has 1 aromatic heterocycles. The lowest BCUT2D eigenvalue weighted by Gasteiger charge is -2.13. The minimum atomic E-state index is -5.08. The van der Waals surface area contributed by atoms with Gasteiger partial charge in [0.25, 0.3) is 15.6 Å². The van der Waals surface area contributed by atoms with Crippen molar-refractivity contribution in [2.45, 2.75) is 24.5 Å². The Morgan fingerprint density at radius 1 is 1.18 bits per heavy atom. The van der Waals surface area contributed by atoms with E-state index < -0.39 is 33.6 Å². The number of nitrogens with zero attached hydrogens (tertiary/aromatic N) is 2. The number of hydrogen-bond acceptors (Lipinski definition) is 7. The minimum absolute atomic E-state index is 0.0110. The highest BCUT2D eigenvalue weighted by Gasteiger charge is 2.38. The smallest absolute Gasteiger partial charge is 0.475 e. The number of hydrogen-bond donors (Lipinski definition) is 5. The predicted octanol–water partition coefficient (Wildman–Crippen LogP) is 0.555. The van der Waals surface area contributed by atoms with E-state index in [-0.39, 0.29) is 36.2 Å². The first-order chi connectivity index (χ1) is 17.6. The van der Waals surface area contributed by atoms with Crippen molar-refractivity contribution in [2.75, 3.05) is 17.9 Å². The molecule has 208 valence electrons. The number of sulfonamides is 1. The summed E-state index contributed by atoms with van der Waals surface area (Å²) in [6.45, 7) is 5.07. The Bertz CT molecular complexity index is 1340. The highest BCUT2D eigenvalue weighted by molar-refractivity contribution is 7.92. The lowest BCUT2D eigenvalue weighted by molar-refractivity contribution is -0.192. The van der Waals surface area contributed by atoms with Gasteiger partial charge in [-0.05, 0) is 41.9 Å². The van der Waals surface area contributed by atoms with Crippen molar-refractivity contribution < 1.29 is 41.1 Å². The summed E-state index contributed by atoms with van der Waals surface area (Å²) in [4.78, 5) is 38.5. The number of aliphatic carboxylic acids is 1. The third-order valence-corrected chi connectivity index (χ3v) is 5.67. The molecule has 0 radical (unpaired) electrons. The molecule has 0 spiro atoms. The molecule has 0 unspecified atom stereocenters. The van der Waals surface area contributed by atoms with E-state index in [4.69, 9.17) is 26.2 Å². The number of anilines is 1. The van der Waals surface area contributed by atoms with Crippen LogP contribution >= 0.6 is 0 Å². The van der Waals surface area contributed by atoms with Gasteiger partial charge in [0.05, 0.1) is 11.4 Å². The highest BCUT2D eigenvalue weighted by Crippen LogP contribution is 2.15. The van der Waals surface area contributed by atoms with Gasteiger partial charge in [-0.1, -0.05) is 24.8 Å². The van der Waals surface area contributed by atoms with Crippen molar-refractivity contribution >= 4 is 39.6 Å². The van der Waals surface area contributed by atoms with E-state index in [2.05, 4.69) is 21.8 Å². The van der Waals surface area contributed by atoms with Crippen molar-refractivity contribution in [3.8, 4) is 0 Å². The zero-order chi connectivity index (χ0) is 29.1. The number of oxime groups is 1. The highest BCUT2D eigenvalue weighted by atomic mass is 32.2. The lowest BCUT2D eigenvalue weighted by atomic mass is 10.2. The molecular weight excluding hydrogens is 537 g/mol. The van der Waals surface area contributed by atoms with Gasteiger partial charge in [0.15, 0.2) is 0 Å². The van der Waals surface area contributed by atoms with E-state index in [1.54, 1.807) is 25.1 Å². The molecular formula is C21H25F3N6O7S. The van der Waals surface area contributed by atoms with Crippen molar-refractivity contribution in [2.24, 2.45) is 16.6 Å². The number of carbonyl (C=O) groups excluding carboxylic acids is 1. The molecule has 0 aliphatic rings. The molecule has 0 aliphatic heterocycles. The Balaban J connectivity index is 0.000000905. The van der Waals surface area contributed by atoms with Crippen molar-refractivity contribution in [1.82, 2.24) is 9.88 Å². The standard InChI is InChI=1S/C19H24N6O5S.C2HF3O2/c1-3-14-5-7-15(8-6-14)31(28,29)24-16-9-4-13(2)25(18(16)27)12-17(26)22-10-11-30-23-19(20)21;3-2(4,5)1(6)7/h3-9,24H,1,10-12H2,2H3,(H,22,26)(H4,20,21,23);(H,6,7). The average molecular weight is 563 g/mol. The van der Waals surface area contributed by atoms with Gasteiger partial charge in [0.1, 0.15) is 18.8 Å². The molecule has 1 aromatic carbocycles. The van der Waals surface area contributed by atoms with Crippen LogP contribution in [0.5, 0.6) is 0 Å². The van der Waals surface area contributed by atoms with Crippen LogP contribution in [0.1, 0.15) is 11.3 Å². The number of rotatable bonds is 10. The number of aryl methyl sites for hydroxylation is 1. The van der Waals surface area contributed by atoms with Gasteiger partial charge in [-0.2, -0.15) is 13.2 Å². The summed E-state index contributed by atoms with van der Waals surface area (Å²) >= 11 is 0. The second-order valence-electron chi connectivity index (χ2n) is 7.16. The summed E-state index contributed by atoms with van der Waals surface area (Å²) in [7, 11) is -3.99. The number of nitrogens with two attached hydrogens (primary N) is 2. The molecule has 17 heteroatoms. The number of pyridine rings is 1. The fourth-order valence-electron chi connectivity index (χ4n) is 2.49. The minimum Gasteiger partial charge on any atom is -0.475 e. The number of carbonyl (C=O) groups is 2. The topological polar surface area (TPSA) is 208 Å². The van der Waals surface area contributed by atoms with Gasteiger partial charge >= 0.3 is 12.1 Å².